The van der Waals surface area contributed by atoms with Gasteiger partial charge in [-0.15, -0.1) is 12.3 Å². The molecular weight excluding hydrogens is 150 g/mol. The van der Waals surface area contributed by atoms with Gasteiger partial charge in [-0.05, 0) is 32.9 Å². The van der Waals surface area contributed by atoms with Crippen LogP contribution in [0.15, 0.2) is 0 Å². The maximum atomic E-state index is 8.53. The average molecular weight is 169 g/mol. The first-order chi connectivity index (χ1) is 5.81. The van der Waals surface area contributed by atoms with Crippen molar-refractivity contribution >= 4 is 0 Å². The molecule has 2 heteroatoms. The van der Waals surface area contributed by atoms with Crippen LogP contribution < -0.4 is 0 Å². The van der Waals surface area contributed by atoms with Gasteiger partial charge in [-0.3, -0.25) is 0 Å². The molecular formula is C10H19NO. The number of hydrogen-bond donors (Lipinski definition) is 1. The fourth-order valence-electron chi connectivity index (χ4n) is 1.04. The van der Waals surface area contributed by atoms with Crippen LogP contribution in [0.2, 0.25) is 0 Å². The second-order valence-electron chi connectivity index (χ2n) is 3.04. The van der Waals surface area contributed by atoms with E-state index in [1.165, 1.54) is 0 Å². The molecule has 0 aromatic carbocycles. The predicted octanol–water partition coefficient (Wildman–Crippen LogP) is 1.10. The molecule has 0 saturated heterocycles. The van der Waals surface area contributed by atoms with E-state index in [1.807, 2.05) is 0 Å². The zero-order valence-electron chi connectivity index (χ0n) is 7.92. The van der Waals surface area contributed by atoms with Crippen LogP contribution in [-0.2, 0) is 0 Å². The van der Waals surface area contributed by atoms with Crippen molar-refractivity contribution in [3.8, 4) is 12.3 Å². The molecule has 0 aliphatic carbocycles. The third kappa shape index (κ3) is 7.59. The maximum absolute atomic E-state index is 8.53. The summed E-state index contributed by atoms with van der Waals surface area (Å²) in [5.74, 6) is 2.62. The highest BCUT2D eigenvalue weighted by molar-refractivity contribution is 4.84. The van der Waals surface area contributed by atoms with Gasteiger partial charge in [0.25, 0.3) is 0 Å². The average Bonchev–Trinajstić information content (AvgIpc) is 2.09. The molecule has 0 amide bonds. The molecule has 0 fully saturated rings. The lowest BCUT2D eigenvalue weighted by molar-refractivity contribution is 0.274. The van der Waals surface area contributed by atoms with Crippen LogP contribution in [0.25, 0.3) is 0 Å². The van der Waals surface area contributed by atoms with Crippen molar-refractivity contribution < 1.29 is 5.11 Å². The highest BCUT2D eigenvalue weighted by Crippen LogP contribution is 1.96. The van der Waals surface area contributed by atoms with Crippen LogP contribution in [-0.4, -0.2) is 36.8 Å². The number of aliphatic hydroxyl groups excluding tert-OH is 1. The summed E-state index contributed by atoms with van der Waals surface area (Å²) in [6, 6.07) is 0. The number of hydrogen-bond acceptors (Lipinski definition) is 2. The Bertz CT molecular complexity index is 128. The maximum Gasteiger partial charge on any atom is 0.0431 e. The van der Waals surface area contributed by atoms with Gasteiger partial charge >= 0.3 is 0 Å². The Morgan fingerprint density at radius 3 is 2.58 bits per heavy atom. The third-order valence-electron chi connectivity index (χ3n) is 1.84. The van der Waals surface area contributed by atoms with E-state index in [0.717, 1.165) is 38.8 Å². The van der Waals surface area contributed by atoms with Gasteiger partial charge < -0.3 is 10.0 Å². The van der Waals surface area contributed by atoms with Gasteiger partial charge in [-0.25, -0.2) is 0 Å². The molecule has 0 heterocycles. The molecule has 0 aliphatic rings. The summed E-state index contributed by atoms with van der Waals surface area (Å²) < 4.78 is 0. The molecule has 1 N–H and O–H groups in total. The predicted molar refractivity (Wildman–Crippen MR) is 51.9 cm³/mol. The first kappa shape index (κ1) is 11.5. The van der Waals surface area contributed by atoms with Gasteiger partial charge in [0.1, 0.15) is 0 Å². The minimum Gasteiger partial charge on any atom is -0.396 e. The highest BCUT2D eigenvalue weighted by atomic mass is 16.2. The van der Waals surface area contributed by atoms with E-state index in [1.54, 1.807) is 0 Å². The summed E-state index contributed by atoms with van der Waals surface area (Å²) in [5.41, 5.74) is 0. The fraction of sp³-hybridized carbons (Fsp3) is 0.800. The summed E-state index contributed by atoms with van der Waals surface area (Å²) in [4.78, 5) is 2.23. The molecule has 0 unspecified atom stereocenters. The van der Waals surface area contributed by atoms with Gasteiger partial charge in [0.2, 0.25) is 0 Å². The molecule has 0 atom stereocenters. The van der Waals surface area contributed by atoms with E-state index in [9.17, 15) is 0 Å². The van der Waals surface area contributed by atoms with Gasteiger partial charge in [-0.2, -0.15) is 0 Å². The van der Waals surface area contributed by atoms with Crippen molar-refractivity contribution in [1.82, 2.24) is 4.90 Å². The molecule has 70 valence electrons. The quantitative estimate of drug-likeness (QED) is 0.456. The number of nitrogens with zero attached hydrogens (tertiary/aromatic N) is 1. The minimum atomic E-state index is 0.314. The summed E-state index contributed by atoms with van der Waals surface area (Å²) in [7, 11) is 2.08. The molecule has 0 rings (SSSR count). The smallest absolute Gasteiger partial charge is 0.0431 e. The van der Waals surface area contributed by atoms with Gasteiger partial charge in [0, 0.05) is 19.6 Å². The number of terminal acetylenes is 1. The highest BCUT2D eigenvalue weighted by Gasteiger charge is 1.95. The van der Waals surface area contributed by atoms with Crippen LogP contribution >= 0.6 is 0 Å². The molecule has 0 bridgehead atoms. The molecule has 0 aromatic rings. The van der Waals surface area contributed by atoms with E-state index < -0.39 is 0 Å². The van der Waals surface area contributed by atoms with Crippen molar-refractivity contribution in [1.29, 1.82) is 0 Å². The Balaban J connectivity index is 3.09. The van der Waals surface area contributed by atoms with Gasteiger partial charge in [-0.1, -0.05) is 0 Å². The first-order valence-electron chi connectivity index (χ1n) is 4.54. The van der Waals surface area contributed by atoms with E-state index >= 15 is 0 Å². The van der Waals surface area contributed by atoms with Crippen LogP contribution in [0.1, 0.15) is 25.7 Å². The van der Waals surface area contributed by atoms with Crippen molar-refractivity contribution in [2.75, 3.05) is 26.7 Å². The molecule has 12 heavy (non-hydrogen) atoms. The van der Waals surface area contributed by atoms with E-state index in [2.05, 4.69) is 17.9 Å². The van der Waals surface area contributed by atoms with Crippen molar-refractivity contribution in [2.45, 2.75) is 25.7 Å². The van der Waals surface area contributed by atoms with Crippen LogP contribution in [0.5, 0.6) is 0 Å². The van der Waals surface area contributed by atoms with Crippen LogP contribution in [0.4, 0.5) is 0 Å². The fourth-order valence-corrected chi connectivity index (χ4v) is 1.04. The molecule has 2 nitrogen and oxygen atoms in total. The van der Waals surface area contributed by atoms with E-state index in [4.69, 9.17) is 11.5 Å². The Kier molecular flexibility index (Phi) is 8.20. The zero-order chi connectivity index (χ0) is 9.23. The Morgan fingerprint density at radius 1 is 1.25 bits per heavy atom. The van der Waals surface area contributed by atoms with Gasteiger partial charge in [0.05, 0.1) is 0 Å². The summed E-state index contributed by atoms with van der Waals surface area (Å²) >= 11 is 0. The third-order valence-corrected chi connectivity index (χ3v) is 1.84. The molecule has 0 radical (unpaired) electrons. The summed E-state index contributed by atoms with van der Waals surface area (Å²) in [6.07, 6.45) is 9.16. The van der Waals surface area contributed by atoms with Crippen molar-refractivity contribution in [3.63, 3.8) is 0 Å². The van der Waals surface area contributed by atoms with E-state index in [0.29, 0.717) is 6.61 Å². The Morgan fingerprint density at radius 2 is 2.00 bits per heavy atom. The topological polar surface area (TPSA) is 23.5 Å². The molecule has 0 saturated carbocycles. The molecule has 0 aromatic heterocycles. The second kappa shape index (κ2) is 8.58. The van der Waals surface area contributed by atoms with Crippen molar-refractivity contribution in [3.05, 3.63) is 0 Å². The Labute approximate surface area is 75.6 Å². The zero-order valence-corrected chi connectivity index (χ0v) is 7.92. The number of rotatable bonds is 7. The van der Waals surface area contributed by atoms with E-state index in [-0.39, 0.29) is 0 Å². The first-order valence-corrected chi connectivity index (χ1v) is 4.54. The lowest BCUT2D eigenvalue weighted by Gasteiger charge is -2.14. The van der Waals surface area contributed by atoms with Crippen molar-refractivity contribution in [2.24, 2.45) is 0 Å². The summed E-state index contributed by atoms with van der Waals surface area (Å²) in [5, 5.41) is 8.53. The monoisotopic (exact) mass is 169 g/mol. The lowest BCUT2D eigenvalue weighted by Crippen LogP contribution is -2.20. The normalized spacial score (nSPS) is 10.2. The number of unbranched alkanes of at least 4 members (excludes halogenated alkanes) is 2. The van der Waals surface area contributed by atoms with Crippen LogP contribution in [0, 0.1) is 12.3 Å². The standard InChI is InChI=1S/C10H19NO/c1-3-4-8-11(2)9-6-5-7-10-12/h1,12H,4-10H2,2H3. The minimum absolute atomic E-state index is 0.314. The number of aliphatic hydroxyl groups is 1. The molecule has 0 spiro atoms. The SMILES string of the molecule is C#CCCN(C)CCCCCO. The molecule has 0 aliphatic heterocycles. The summed E-state index contributed by atoms with van der Waals surface area (Å²) in [6.45, 7) is 2.38. The van der Waals surface area contributed by atoms with Gasteiger partial charge in [0.15, 0.2) is 0 Å². The second-order valence-corrected chi connectivity index (χ2v) is 3.04. The van der Waals surface area contributed by atoms with Crippen LogP contribution in [0.3, 0.4) is 0 Å². The lowest BCUT2D eigenvalue weighted by atomic mass is 10.2. The Hall–Kier alpha value is -0.520. The largest absolute Gasteiger partial charge is 0.396 e.